The van der Waals surface area contributed by atoms with Crippen LogP contribution in [0.25, 0.3) is 0 Å². The maximum atomic E-state index is 3.58. The van der Waals surface area contributed by atoms with Crippen LogP contribution in [0, 0.1) is 5.92 Å². The van der Waals surface area contributed by atoms with Gasteiger partial charge in [0.15, 0.2) is 0 Å². The van der Waals surface area contributed by atoms with Gasteiger partial charge < -0.3 is 10.2 Å². The second-order valence-corrected chi connectivity index (χ2v) is 3.79. The van der Waals surface area contributed by atoms with E-state index in [1.165, 1.54) is 39.0 Å². The number of rotatable bonds is 1. The molecule has 2 fully saturated rings. The molecular formula is C9H18N2. The molecule has 1 N–H and O–H groups in total. The third-order valence-electron chi connectivity index (χ3n) is 3.19. The Hall–Kier alpha value is -0.0800. The third-order valence-corrected chi connectivity index (χ3v) is 3.19. The minimum Gasteiger partial charge on any atom is -0.314 e. The highest BCUT2D eigenvalue weighted by atomic mass is 15.2. The van der Waals surface area contributed by atoms with Gasteiger partial charge in [0.05, 0.1) is 0 Å². The van der Waals surface area contributed by atoms with E-state index >= 15 is 0 Å². The van der Waals surface area contributed by atoms with Crippen LogP contribution in [0.15, 0.2) is 0 Å². The van der Waals surface area contributed by atoms with E-state index in [-0.39, 0.29) is 0 Å². The molecule has 0 aromatic rings. The summed E-state index contributed by atoms with van der Waals surface area (Å²) < 4.78 is 0. The number of likely N-dealkylation sites (tertiary alicyclic amines) is 1. The summed E-state index contributed by atoms with van der Waals surface area (Å²) in [5.41, 5.74) is 0. The van der Waals surface area contributed by atoms with Crippen molar-refractivity contribution in [2.45, 2.75) is 25.8 Å². The van der Waals surface area contributed by atoms with E-state index < -0.39 is 0 Å². The molecule has 64 valence electrons. The number of piperidine rings is 1. The minimum absolute atomic E-state index is 0.859. The molecule has 0 amide bonds. The van der Waals surface area contributed by atoms with Crippen LogP contribution in [0.2, 0.25) is 0 Å². The number of nitrogens with zero attached hydrogens (tertiary/aromatic N) is 1. The average molecular weight is 154 g/mol. The van der Waals surface area contributed by atoms with Crippen LogP contribution in [-0.4, -0.2) is 37.1 Å². The van der Waals surface area contributed by atoms with Gasteiger partial charge in [-0.1, -0.05) is 6.92 Å². The Morgan fingerprint density at radius 3 is 3.18 bits per heavy atom. The van der Waals surface area contributed by atoms with Gasteiger partial charge in [0.1, 0.15) is 0 Å². The molecule has 0 aromatic carbocycles. The Labute approximate surface area is 69.0 Å². The van der Waals surface area contributed by atoms with E-state index in [1.54, 1.807) is 0 Å². The van der Waals surface area contributed by atoms with Crippen LogP contribution in [0.4, 0.5) is 0 Å². The molecule has 11 heavy (non-hydrogen) atoms. The van der Waals surface area contributed by atoms with Crippen molar-refractivity contribution < 1.29 is 0 Å². The van der Waals surface area contributed by atoms with E-state index in [1.807, 2.05) is 0 Å². The number of hydrogen-bond donors (Lipinski definition) is 1. The van der Waals surface area contributed by atoms with Gasteiger partial charge in [-0.15, -0.1) is 0 Å². The van der Waals surface area contributed by atoms with E-state index in [9.17, 15) is 0 Å². The molecule has 2 nitrogen and oxygen atoms in total. The molecule has 2 aliphatic heterocycles. The second kappa shape index (κ2) is 3.11. The fourth-order valence-corrected chi connectivity index (χ4v) is 2.41. The number of fused-ring (bicyclic) bond motifs is 1. The van der Waals surface area contributed by atoms with Crippen molar-refractivity contribution in [3.8, 4) is 0 Å². The zero-order valence-electron chi connectivity index (χ0n) is 7.34. The Morgan fingerprint density at radius 1 is 1.45 bits per heavy atom. The monoisotopic (exact) mass is 154 g/mol. The van der Waals surface area contributed by atoms with Crippen molar-refractivity contribution in [2.75, 3.05) is 26.2 Å². The summed E-state index contributed by atoms with van der Waals surface area (Å²) in [6, 6.07) is 0.859. The fourth-order valence-electron chi connectivity index (χ4n) is 2.41. The SMILES string of the molecule is CCN1CCC2NCCC2C1. The predicted molar refractivity (Wildman–Crippen MR) is 46.6 cm³/mol. The summed E-state index contributed by atoms with van der Waals surface area (Å²) in [4.78, 5) is 2.58. The van der Waals surface area contributed by atoms with Gasteiger partial charge in [-0.05, 0) is 38.4 Å². The molecule has 0 aliphatic carbocycles. The summed E-state index contributed by atoms with van der Waals surface area (Å²) in [5.74, 6) is 0.962. The van der Waals surface area contributed by atoms with Crippen LogP contribution >= 0.6 is 0 Å². The topological polar surface area (TPSA) is 15.3 Å². The van der Waals surface area contributed by atoms with Gasteiger partial charge in [-0.2, -0.15) is 0 Å². The lowest BCUT2D eigenvalue weighted by Gasteiger charge is -2.33. The quantitative estimate of drug-likeness (QED) is 0.598. The molecule has 0 saturated carbocycles. The molecule has 0 radical (unpaired) electrons. The highest BCUT2D eigenvalue weighted by Crippen LogP contribution is 2.23. The van der Waals surface area contributed by atoms with Crippen molar-refractivity contribution in [1.29, 1.82) is 0 Å². The normalized spacial score (nSPS) is 39.0. The highest BCUT2D eigenvalue weighted by molar-refractivity contribution is 4.89. The highest BCUT2D eigenvalue weighted by Gasteiger charge is 2.31. The summed E-state index contributed by atoms with van der Waals surface area (Å²) in [6.45, 7) is 7.41. The Morgan fingerprint density at radius 2 is 2.36 bits per heavy atom. The summed E-state index contributed by atoms with van der Waals surface area (Å²) in [7, 11) is 0. The van der Waals surface area contributed by atoms with Crippen LogP contribution in [0.5, 0.6) is 0 Å². The molecule has 2 unspecified atom stereocenters. The van der Waals surface area contributed by atoms with E-state index in [2.05, 4.69) is 17.1 Å². The number of nitrogens with one attached hydrogen (secondary N) is 1. The van der Waals surface area contributed by atoms with Crippen molar-refractivity contribution in [3.05, 3.63) is 0 Å². The largest absolute Gasteiger partial charge is 0.314 e. The van der Waals surface area contributed by atoms with Gasteiger partial charge in [0, 0.05) is 12.6 Å². The molecule has 2 atom stereocenters. The summed E-state index contributed by atoms with van der Waals surface area (Å²) in [6.07, 6.45) is 2.78. The molecule has 0 spiro atoms. The summed E-state index contributed by atoms with van der Waals surface area (Å²) in [5, 5.41) is 3.58. The first-order valence-electron chi connectivity index (χ1n) is 4.86. The smallest absolute Gasteiger partial charge is 0.0120 e. The molecule has 2 saturated heterocycles. The first-order chi connectivity index (χ1) is 5.40. The number of hydrogen-bond acceptors (Lipinski definition) is 2. The van der Waals surface area contributed by atoms with Crippen LogP contribution in [0.1, 0.15) is 19.8 Å². The molecule has 2 heteroatoms. The zero-order chi connectivity index (χ0) is 7.68. The zero-order valence-corrected chi connectivity index (χ0v) is 7.34. The van der Waals surface area contributed by atoms with E-state index in [0.717, 1.165) is 12.0 Å². The van der Waals surface area contributed by atoms with Crippen LogP contribution in [0.3, 0.4) is 0 Å². The van der Waals surface area contributed by atoms with E-state index in [0.29, 0.717) is 0 Å². The molecule has 2 aliphatic rings. The van der Waals surface area contributed by atoms with Crippen molar-refractivity contribution in [1.82, 2.24) is 10.2 Å². The molecule has 0 bridgehead atoms. The van der Waals surface area contributed by atoms with Gasteiger partial charge in [0.25, 0.3) is 0 Å². The van der Waals surface area contributed by atoms with Crippen LogP contribution < -0.4 is 5.32 Å². The second-order valence-electron chi connectivity index (χ2n) is 3.79. The lowest BCUT2D eigenvalue weighted by molar-refractivity contribution is 0.170. The lowest BCUT2D eigenvalue weighted by Crippen LogP contribution is -2.44. The Bertz CT molecular complexity index is 136. The third kappa shape index (κ3) is 1.42. The van der Waals surface area contributed by atoms with Crippen molar-refractivity contribution in [2.24, 2.45) is 5.92 Å². The first-order valence-corrected chi connectivity index (χ1v) is 4.86. The summed E-state index contributed by atoms with van der Waals surface area (Å²) >= 11 is 0. The molecule has 2 heterocycles. The minimum atomic E-state index is 0.859. The Kier molecular flexibility index (Phi) is 2.14. The van der Waals surface area contributed by atoms with Gasteiger partial charge in [-0.3, -0.25) is 0 Å². The predicted octanol–water partition coefficient (Wildman–Crippen LogP) is 0.690. The van der Waals surface area contributed by atoms with E-state index in [4.69, 9.17) is 0 Å². The molecule has 2 rings (SSSR count). The molecular weight excluding hydrogens is 136 g/mol. The van der Waals surface area contributed by atoms with Gasteiger partial charge in [-0.25, -0.2) is 0 Å². The molecule has 0 aromatic heterocycles. The Balaban J connectivity index is 1.91. The maximum absolute atomic E-state index is 3.58. The van der Waals surface area contributed by atoms with Crippen LogP contribution in [-0.2, 0) is 0 Å². The first kappa shape index (κ1) is 7.56. The van der Waals surface area contributed by atoms with Gasteiger partial charge in [0.2, 0.25) is 0 Å². The lowest BCUT2D eigenvalue weighted by atomic mass is 9.93. The maximum Gasteiger partial charge on any atom is 0.0120 e. The average Bonchev–Trinajstić information content (AvgIpc) is 2.50. The van der Waals surface area contributed by atoms with Crippen molar-refractivity contribution in [3.63, 3.8) is 0 Å². The van der Waals surface area contributed by atoms with Crippen molar-refractivity contribution >= 4 is 0 Å². The fraction of sp³-hybridized carbons (Fsp3) is 1.00. The standard InChI is InChI=1S/C9H18N2/c1-2-11-6-4-9-8(7-11)3-5-10-9/h8-10H,2-7H2,1H3. The van der Waals surface area contributed by atoms with Gasteiger partial charge >= 0.3 is 0 Å².